The largest absolute Gasteiger partial charge is 0.441 e. The molecule has 4 rings (SSSR count). The second-order valence-corrected chi connectivity index (χ2v) is 7.64. The molecule has 2 saturated heterocycles. The Morgan fingerprint density at radius 1 is 1.46 bits per heavy atom. The van der Waals surface area contributed by atoms with E-state index in [4.69, 9.17) is 9.15 Å². The zero-order valence-corrected chi connectivity index (χ0v) is 14.4. The number of hydrogen-bond donors (Lipinski definition) is 2. The summed E-state index contributed by atoms with van der Waals surface area (Å²) in [4.78, 5) is 16.6. The molecule has 1 aromatic carbocycles. The number of aryl methyl sites for hydroxylation is 1. The molecule has 2 atom stereocenters. The first kappa shape index (κ1) is 15.8. The van der Waals surface area contributed by atoms with E-state index >= 15 is 0 Å². The SMILES string of the molecule is Cc1nc2ccc(NC(=O)N[C@@H]3CCO[C@@]4(CCSC4)C3)cc2o1. The molecule has 24 heavy (non-hydrogen) atoms. The Hall–Kier alpha value is -1.73. The molecule has 2 fully saturated rings. The van der Waals surface area contributed by atoms with Gasteiger partial charge in [0.2, 0.25) is 0 Å². The van der Waals surface area contributed by atoms with Crippen LogP contribution < -0.4 is 10.6 Å². The molecule has 1 spiro atoms. The number of aromatic nitrogens is 1. The lowest BCUT2D eigenvalue weighted by atomic mass is 9.90. The van der Waals surface area contributed by atoms with E-state index in [1.54, 1.807) is 6.07 Å². The van der Waals surface area contributed by atoms with Gasteiger partial charge in [-0.15, -0.1) is 0 Å². The highest BCUT2D eigenvalue weighted by atomic mass is 32.2. The summed E-state index contributed by atoms with van der Waals surface area (Å²) in [6, 6.07) is 5.46. The Labute approximate surface area is 144 Å². The average Bonchev–Trinajstić information content (AvgIpc) is 3.12. The van der Waals surface area contributed by atoms with Crippen LogP contribution in [0.1, 0.15) is 25.2 Å². The zero-order chi connectivity index (χ0) is 16.6. The predicted octanol–water partition coefficient (Wildman–Crippen LogP) is 3.31. The fourth-order valence-electron chi connectivity index (χ4n) is 3.48. The van der Waals surface area contributed by atoms with Gasteiger partial charge in [0.05, 0.1) is 5.60 Å². The first-order chi connectivity index (χ1) is 11.6. The van der Waals surface area contributed by atoms with E-state index in [9.17, 15) is 4.79 Å². The van der Waals surface area contributed by atoms with Crippen LogP contribution in [0.25, 0.3) is 11.1 Å². The van der Waals surface area contributed by atoms with Crippen molar-refractivity contribution in [3.05, 3.63) is 24.1 Å². The highest BCUT2D eigenvalue weighted by Gasteiger charge is 2.40. The van der Waals surface area contributed by atoms with Crippen molar-refractivity contribution in [2.75, 3.05) is 23.4 Å². The summed E-state index contributed by atoms with van der Waals surface area (Å²) >= 11 is 1.94. The number of nitrogens with one attached hydrogen (secondary N) is 2. The number of fused-ring (bicyclic) bond motifs is 1. The monoisotopic (exact) mass is 347 g/mol. The number of ether oxygens (including phenoxy) is 1. The second-order valence-electron chi connectivity index (χ2n) is 6.54. The predicted molar refractivity (Wildman–Crippen MR) is 94.5 cm³/mol. The molecular weight excluding hydrogens is 326 g/mol. The summed E-state index contributed by atoms with van der Waals surface area (Å²) in [5.74, 6) is 2.80. The molecule has 2 aliphatic rings. The van der Waals surface area contributed by atoms with Crippen LogP contribution in [0.2, 0.25) is 0 Å². The van der Waals surface area contributed by atoms with E-state index in [0.29, 0.717) is 17.2 Å². The zero-order valence-electron chi connectivity index (χ0n) is 13.6. The van der Waals surface area contributed by atoms with E-state index in [0.717, 1.165) is 42.9 Å². The molecule has 2 N–H and O–H groups in total. The van der Waals surface area contributed by atoms with Gasteiger partial charge in [-0.25, -0.2) is 9.78 Å². The molecule has 7 heteroatoms. The minimum atomic E-state index is -0.182. The van der Waals surface area contributed by atoms with Crippen molar-refractivity contribution in [2.45, 2.75) is 37.8 Å². The van der Waals surface area contributed by atoms with Crippen LogP contribution in [0.4, 0.5) is 10.5 Å². The number of urea groups is 1. The number of oxazole rings is 1. The molecule has 0 aliphatic carbocycles. The van der Waals surface area contributed by atoms with Gasteiger partial charge in [0.25, 0.3) is 0 Å². The first-order valence-electron chi connectivity index (χ1n) is 8.28. The van der Waals surface area contributed by atoms with E-state index in [-0.39, 0.29) is 17.7 Å². The molecule has 0 radical (unpaired) electrons. The molecule has 0 saturated carbocycles. The Bertz CT molecular complexity index is 755. The summed E-state index contributed by atoms with van der Waals surface area (Å²) in [6.45, 7) is 2.52. The smallest absolute Gasteiger partial charge is 0.319 e. The average molecular weight is 347 g/mol. The Morgan fingerprint density at radius 2 is 2.38 bits per heavy atom. The lowest BCUT2D eigenvalue weighted by Gasteiger charge is -2.37. The molecule has 0 bridgehead atoms. The van der Waals surface area contributed by atoms with Crippen molar-refractivity contribution >= 4 is 34.6 Å². The fraction of sp³-hybridized carbons (Fsp3) is 0.529. The number of thioether (sulfide) groups is 1. The van der Waals surface area contributed by atoms with Crippen LogP contribution in [-0.2, 0) is 4.74 Å². The van der Waals surface area contributed by atoms with Crippen LogP contribution in [0.3, 0.4) is 0 Å². The van der Waals surface area contributed by atoms with Gasteiger partial charge in [-0.1, -0.05) is 0 Å². The minimum Gasteiger partial charge on any atom is -0.441 e. The van der Waals surface area contributed by atoms with Crippen LogP contribution in [0.5, 0.6) is 0 Å². The minimum absolute atomic E-state index is 0.0306. The van der Waals surface area contributed by atoms with Crippen molar-refractivity contribution in [3.8, 4) is 0 Å². The summed E-state index contributed by atoms with van der Waals surface area (Å²) in [7, 11) is 0. The van der Waals surface area contributed by atoms with Crippen molar-refractivity contribution in [1.82, 2.24) is 10.3 Å². The third-order valence-corrected chi connectivity index (χ3v) is 5.87. The number of benzene rings is 1. The maximum Gasteiger partial charge on any atom is 0.319 e. The molecular formula is C17H21N3O3S. The topological polar surface area (TPSA) is 76.4 Å². The third-order valence-electron chi connectivity index (χ3n) is 4.65. The standard InChI is InChI=1S/C17H21N3O3S/c1-11-18-14-3-2-12(8-15(14)23-11)19-16(21)20-13-4-6-22-17(9-13)5-7-24-10-17/h2-3,8,13H,4-7,9-10H2,1H3,(H2,19,20,21)/t13-,17+/m1/s1. The lowest BCUT2D eigenvalue weighted by Crippen LogP contribution is -2.49. The summed E-state index contributed by atoms with van der Waals surface area (Å²) in [5.41, 5.74) is 2.15. The number of hydrogen-bond acceptors (Lipinski definition) is 5. The second kappa shape index (κ2) is 6.29. The van der Waals surface area contributed by atoms with E-state index in [1.807, 2.05) is 30.8 Å². The van der Waals surface area contributed by atoms with Gasteiger partial charge in [0.15, 0.2) is 11.5 Å². The Balaban J connectivity index is 1.38. The van der Waals surface area contributed by atoms with Gasteiger partial charge < -0.3 is 19.8 Å². The first-order valence-corrected chi connectivity index (χ1v) is 9.44. The molecule has 2 aromatic rings. The van der Waals surface area contributed by atoms with Crippen LogP contribution in [0.15, 0.2) is 22.6 Å². The molecule has 2 aliphatic heterocycles. The number of carbonyl (C=O) groups is 1. The van der Waals surface area contributed by atoms with Crippen LogP contribution in [-0.4, -0.2) is 40.8 Å². The van der Waals surface area contributed by atoms with Gasteiger partial charge in [0, 0.05) is 37.1 Å². The van der Waals surface area contributed by atoms with E-state index in [2.05, 4.69) is 15.6 Å². The number of nitrogens with zero attached hydrogens (tertiary/aromatic N) is 1. The lowest BCUT2D eigenvalue weighted by molar-refractivity contribution is -0.0682. The van der Waals surface area contributed by atoms with Gasteiger partial charge in [-0.2, -0.15) is 11.8 Å². The quantitative estimate of drug-likeness (QED) is 0.871. The fourth-order valence-corrected chi connectivity index (χ4v) is 4.86. The van der Waals surface area contributed by atoms with E-state index < -0.39 is 0 Å². The van der Waals surface area contributed by atoms with E-state index in [1.165, 1.54) is 0 Å². The molecule has 3 heterocycles. The summed E-state index contributed by atoms with van der Waals surface area (Å²) in [6.07, 6.45) is 2.84. The number of anilines is 1. The van der Waals surface area contributed by atoms with Crippen LogP contribution >= 0.6 is 11.8 Å². The summed E-state index contributed by atoms with van der Waals surface area (Å²) < 4.78 is 11.5. The Kier molecular flexibility index (Phi) is 4.14. The van der Waals surface area contributed by atoms with Crippen molar-refractivity contribution in [2.24, 2.45) is 0 Å². The van der Waals surface area contributed by atoms with Gasteiger partial charge in [-0.3, -0.25) is 0 Å². The summed E-state index contributed by atoms with van der Waals surface area (Å²) in [5, 5.41) is 5.97. The number of rotatable bonds is 2. The molecule has 2 amide bonds. The molecule has 6 nitrogen and oxygen atoms in total. The van der Waals surface area contributed by atoms with Crippen molar-refractivity contribution < 1.29 is 13.9 Å². The number of carbonyl (C=O) groups excluding carboxylic acids is 1. The highest BCUT2D eigenvalue weighted by Crippen LogP contribution is 2.38. The van der Waals surface area contributed by atoms with Crippen molar-refractivity contribution in [1.29, 1.82) is 0 Å². The molecule has 0 unspecified atom stereocenters. The number of amides is 2. The van der Waals surface area contributed by atoms with Crippen LogP contribution in [0, 0.1) is 6.92 Å². The Morgan fingerprint density at radius 3 is 3.21 bits per heavy atom. The maximum atomic E-state index is 12.3. The normalized spacial score (nSPS) is 26.8. The molecule has 128 valence electrons. The highest BCUT2D eigenvalue weighted by molar-refractivity contribution is 7.99. The van der Waals surface area contributed by atoms with Gasteiger partial charge in [0.1, 0.15) is 5.52 Å². The third kappa shape index (κ3) is 3.23. The van der Waals surface area contributed by atoms with Crippen molar-refractivity contribution in [3.63, 3.8) is 0 Å². The maximum absolute atomic E-state index is 12.3. The van der Waals surface area contributed by atoms with Gasteiger partial charge >= 0.3 is 6.03 Å². The molecule has 1 aromatic heterocycles. The van der Waals surface area contributed by atoms with Gasteiger partial charge in [-0.05, 0) is 37.1 Å².